The minimum atomic E-state index is -0.627. The summed E-state index contributed by atoms with van der Waals surface area (Å²) in [5.74, 6) is -0.0825. The molecule has 0 aromatic heterocycles. The summed E-state index contributed by atoms with van der Waals surface area (Å²) in [6.07, 6.45) is 0.0934. The zero-order chi connectivity index (χ0) is 13.4. The molecule has 0 amide bonds. The minimum absolute atomic E-state index is 0. The number of esters is 2. The molecule has 1 unspecified atom stereocenters. The van der Waals surface area contributed by atoms with Gasteiger partial charge in [0, 0.05) is 12.8 Å². The van der Waals surface area contributed by atoms with Crippen LogP contribution in [0.1, 0.15) is 40.5 Å². The Kier molecular flexibility index (Phi) is 12.2. The van der Waals surface area contributed by atoms with E-state index in [1.54, 1.807) is 0 Å². The quantitative estimate of drug-likeness (QED) is 0.520. The monoisotopic (exact) mass is 267 g/mol. The fraction of sp³-hybridized carbons (Fsp3) is 0.769. The molecule has 0 aromatic carbocycles. The second-order valence-electron chi connectivity index (χ2n) is 4.99. The van der Waals surface area contributed by atoms with Crippen LogP contribution < -0.4 is 0 Å². The summed E-state index contributed by atoms with van der Waals surface area (Å²) in [5, 5.41) is 0. The predicted molar refractivity (Wildman–Crippen MR) is 72.3 cm³/mol. The average molecular weight is 267 g/mol. The number of rotatable bonds is 7. The molecule has 0 aliphatic rings. The maximum atomic E-state index is 11.3. The SMILES string of the molecule is [CH2]C(COC(=O)CC(C)C)OC(=O)CC(C)C.[NaH]. The Bertz CT molecular complexity index is 251. The summed E-state index contributed by atoms with van der Waals surface area (Å²) < 4.78 is 9.93. The molecule has 0 spiro atoms. The molecular weight excluding hydrogens is 243 g/mol. The first-order valence-corrected chi connectivity index (χ1v) is 5.99. The van der Waals surface area contributed by atoms with Crippen molar-refractivity contribution in [2.24, 2.45) is 11.8 Å². The number of carbonyl (C=O) groups is 2. The molecule has 0 fully saturated rings. The second kappa shape index (κ2) is 10.8. The van der Waals surface area contributed by atoms with Gasteiger partial charge in [0.05, 0.1) is 0 Å². The molecule has 1 radical (unpaired) electrons. The Morgan fingerprint density at radius 2 is 1.44 bits per heavy atom. The number of hydrogen-bond donors (Lipinski definition) is 0. The third-order valence-electron chi connectivity index (χ3n) is 1.88. The van der Waals surface area contributed by atoms with Crippen LogP contribution in [0.15, 0.2) is 0 Å². The molecular formula is C13H24NaO4. The van der Waals surface area contributed by atoms with E-state index in [4.69, 9.17) is 9.47 Å². The van der Waals surface area contributed by atoms with Gasteiger partial charge < -0.3 is 9.47 Å². The Hall–Kier alpha value is -0.0600. The van der Waals surface area contributed by atoms with E-state index < -0.39 is 6.10 Å². The molecule has 0 aromatic rings. The van der Waals surface area contributed by atoms with Crippen molar-refractivity contribution in [1.82, 2.24) is 0 Å². The summed E-state index contributed by atoms with van der Waals surface area (Å²) >= 11 is 0. The molecule has 0 saturated heterocycles. The Labute approximate surface area is 132 Å². The van der Waals surface area contributed by atoms with E-state index >= 15 is 0 Å². The molecule has 0 rings (SSSR count). The second-order valence-corrected chi connectivity index (χ2v) is 4.99. The van der Waals surface area contributed by atoms with Gasteiger partial charge in [0.1, 0.15) is 12.7 Å². The summed E-state index contributed by atoms with van der Waals surface area (Å²) in [7, 11) is 0. The summed E-state index contributed by atoms with van der Waals surface area (Å²) in [5.41, 5.74) is 0. The zero-order valence-electron chi connectivity index (χ0n) is 11.2. The van der Waals surface area contributed by atoms with Crippen LogP contribution >= 0.6 is 0 Å². The summed E-state index contributed by atoms with van der Waals surface area (Å²) in [6.45, 7) is 11.4. The van der Waals surface area contributed by atoms with Crippen LogP contribution in [-0.2, 0) is 19.1 Å². The number of hydrogen-bond acceptors (Lipinski definition) is 4. The standard InChI is InChI=1S/C13H23O4.Na.H/c1-9(2)6-12(14)16-8-11(5)17-13(15)7-10(3)4;;/h9-11H,5-8H2,1-4H3;;. The van der Waals surface area contributed by atoms with Gasteiger partial charge >= 0.3 is 41.5 Å². The van der Waals surface area contributed by atoms with E-state index in [9.17, 15) is 9.59 Å². The molecule has 0 aliphatic carbocycles. The van der Waals surface area contributed by atoms with Crippen molar-refractivity contribution < 1.29 is 19.1 Å². The van der Waals surface area contributed by atoms with Crippen LogP contribution in [-0.4, -0.2) is 54.2 Å². The van der Waals surface area contributed by atoms with Crippen molar-refractivity contribution in [3.8, 4) is 0 Å². The molecule has 0 saturated carbocycles. The van der Waals surface area contributed by atoms with Gasteiger partial charge in [-0.15, -0.1) is 0 Å². The van der Waals surface area contributed by atoms with Crippen LogP contribution in [0.25, 0.3) is 0 Å². The molecule has 0 heterocycles. The van der Waals surface area contributed by atoms with E-state index in [0.717, 1.165) is 0 Å². The van der Waals surface area contributed by atoms with Gasteiger partial charge in [-0.25, -0.2) is 0 Å². The van der Waals surface area contributed by atoms with E-state index in [1.807, 2.05) is 27.7 Å². The van der Waals surface area contributed by atoms with Crippen LogP contribution in [0.5, 0.6) is 0 Å². The van der Waals surface area contributed by atoms with Crippen molar-refractivity contribution in [2.75, 3.05) is 6.61 Å². The van der Waals surface area contributed by atoms with Crippen molar-refractivity contribution in [3.05, 3.63) is 6.92 Å². The molecule has 5 heteroatoms. The third-order valence-corrected chi connectivity index (χ3v) is 1.88. The number of ether oxygens (including phenoxy) is 2. The first-order chi connectivity index (χ1) is 7.81. The molecule has 0 N–H and O–H groups in total. The summed E-state index contributed by atoms with van der Waals surface area (Å²) in [4.78, 5) is 22.5. The fourth-order valence-electron chi connectivity index (χ4n) is 1.18. The van der Waals surface area contributed by atoms with Crippen LogP contribution in [0.2, 0.25) is 0 Å². The van der Waals surface area contributed by atoms with Gasteiger partial charge in [-0.1, -0.05) is 27.7 Å². The van der Waals surface area contributed by atoms with E-state index in [2.05, 4.69) is 6.92 Å². The van der Waals surface area contributed by atoms with Crippen LogP contribution in [0, 0.1) is 18.8 Å². The average Bonchev–Trinajstić information content (AvgIpc) is 2.12. The van der Waals surface area contributed by atoms with Gasteiger partial charge in [-0.05, 0) is 18.8 Å². The topological polar surface area (TPSA) is 52.6 Å². The first kappa shape index (κ1) is 20.3. The molecule has 18 heavy (non-hydrogen) atoms. The molecule has 101 valence electrons. The van der Waals surface area contributed by atoms with Crippen LogP contribution in [0.4, 0.5) is 0 Å². The van der Waals surface area contributed by atoms with Gasteiger partial charge in [0.15, 0.2) is 0 Å². The van der Waals surface area contributed by atoms with Crippen LogP contribution in [0.3, 0.4) is 0 Å². The predicted octanol–water partition coefficient (Wildman–Crippen LogP) is 1.72. The third kappa shape index (κ3) is 12.4. The molecule has 0 bridgehead atoms. The zero-order valence-corrected chi connectivity index (χ0v) is 11.2. The first-order valence-electron chi connectivity index (χ1n) is 5.99. The van der Waals surface area contributed by atoms with Gasteiger partial charge in [0.25, 0.3) is 0 Å². The van der Waals surface area contributed by atoms with Gasteiger partial charge in [0.2, 0.25) is 0 Å². The Morgan fingerprint density at radius 3 is 1.89 bits per heavy atom. The van der Waals surface area contributed by atoms with E-state index in [-0.39, 0.29) is 59.9 Å². The number of carbonyl (C=O) groups excluding carboxylic acids is 2. The fourth-order valence-corrected chi connectivity index (χ4v) is 1.18. The Morgan fingerprint density at radius 1 is 1.00 bits per heavy atom. The van der Waals surface area contributed by atoms with E-state index in [1.165, 1.54) is 0 Å². The Balaban J connectivity index is 0. The molecule has 0 aliphatic heterocycles. The summed E-state index contributed by atoms with van der Waals surface area (Å²) in [6, 6.07) is 0. The van der Waals surface area contributed by atoms with Crippen molar-refractivity contribution in [3.63, 3.8) is 0 Å². The van der Waals surface area contributed by atoms with Crippen molar-refractivity contribution >= 4 is 41.5 Å². The van der Waals surface area contributed by atoms with Gasteiger partial charge in [-0.3, -0.25) is 9.59 Å². The van der Waals surface area contributed by atoms with Crippen molar-refractivity contribution in [2.45, 2.75) is 46.6 Å². The van der Waals surface area contributed by atoms with E-state index in [0.29, 0.717) is 12.8 Å². The normalized spacial score (nSPS) is 11.9. The van der Waals surface area contributed by atoms with Gasteiger partial charge in [-0.2, -0.15) is 0 Å². The molecule has 1 atom stereocenters. The molecule has 4 nitrogen and oxygen atoms in total. The van der Waals surface area contributed by atoms with Crippen molar-refractivity contribution in [1.29, 1.82) is 0 Å². The maximum absolute atomic E-state index is 11.3.